The fourth-order valence-electron chi connectivity index (χ4n) is 5.06. The minimum Gasteiger partial charge on any atom is -0.454 e. The number of hydrogen-bond acceptors (Lipinski definition) is 8. The van der Waals surface area contributed by atoms with Crippen molar-refractivity contribution in [2.24, 2.45) is 5.92 Å². The first-order valence-electron chi connectivity index (χ1n) is 11.9. The van der Waals surface area contributed by atoms with Crippen LogP contribution in [0.15, 0.2) is 29.0 Å². The number of hydrogen-bond donors (Lipinski definition) is 1. The molecule has 0 aliphatic carbocycles. The number of aryl methyl sites for hydroxylation is 1. The topological polar surface area (TPSA) is 108 Å². The number of imidazole rings is 1. The van der Waals surface area contributed by atoms with Crippen LogP contribution in [0.25, 0.3) is 22.3 Å². The summed E-state index contributed by atoms with van der Waals surface area (Å²) in [5.41, 5.74) is 9.98. The van der Waals surface area contributed by atoms with E-state index >= 15 is 0 Å². The molecule has 0 radical (unpaired) electrons. The number of carbonyl (C=O) groups excluding carboxylic acids is 1. The van der Waals surface area contributed by atoms with Gasteiger partial charge in [0.15, 0.2) is 28.5 Å². The van der Waals surface area contributed by atoms with Crippen molar-refractivity contribution >= 4 is 34.7 Å². The standard InChI is InChI=1S/C25H25FN6O3S/c26-25-29-23(27)22-24(30-25)32(7-3-15-1-5-31(13-33)6-2-15)21(28-22)10-17-9-19-20(35-14-34-19)11-18(17)16-4-8-36-12-16/h4,8-9,11-13,15H,1-3,5-7,10,14H2,(H2,27,29,30). The molecule has 0 atom stereocenters. The van der Waals surface area contributed by atoms with Gasteiger partial charge in [-0.25, -0.2) is 4.98 Å². The Labute approximate surface area is 210 Å². The monoisotopic (exact) mass is 508 g/mol. The average Bonchev–Trinajstić information content (AvgIpc) is 3.63. The fourth-order valence-corrected chi connectivity index (χ4v) is 5.71. The Bertz CT molecular complexity index is 1420. The number of carbonyl (C=O) groups is 1. The maximum absolute atomic E-state index is 14.2. The Morgan fingerprint density at radius 3 is 2.72 bits per heavy atom. The summed E-state index contributed by atoms with van der Waals surface area (Å²) in [6.45, 7) is 2.33. The molecule has 1 amide bonds. The van der Waals surface area contributed by atoms with Crippen LogP contribution in [0.4, 0.5) is 10.2 Å². The summed E-state index contributed by atoms with van der Waals surface area (Å²) < 4.78 is 27.4. The Balaban J connectivity index is 1.37. The van der Waals surface area contributed by atoms with Crippen LogP contribution in [-0.2, 0) is 17.8 Å². The van der Waals surface area contributed by atoms with Gasteiger partial charge in [0.1, 0.15) is 5.82 Å². The summed E-state index contributed by atoms with van der Waals surface area (Å²) in [6, 6.07) is 6.06. The molecule has 0 unspecified atom stereocenters. The van der Waals surface area contributed by atoms with E-state index in [1.165, 1.54) is 0 Å². The summed E-state index contributed by atoms with van der Waals surface area (Å²) in [4.78, 5) is 25.4. The minimum atomic E-state index is -0.867. The number of aromatic nitrogens is 4. The van der Waals surface area contributed by atoms with Gasteiger partial charge in [-0.1, -0.05) is 0 Å². The van der Waals surface area contributed by atoms with Crippen molar-refractivity contribution in [3.63, 3.8) is 0 Å². The van der Waals surface area contributed by atoms with E-state index in [-0.39, 0.29) is 12.6 Å². The van der Waals surface area contributed by atoms with Gasteiger partial charge in [0.05, 0.1) is 0 Å². The molecule has 186 valence electrons. The molecule has 6 rings (SSSR count). The van der Waals surface area contributed by atoms with Gasteiger partial charge in [0, 0.05) is 26.1 Å². The van der Waals surface area contributed by atoms with Crippen LogP contribution in [0.3, 0.4) is 0 Å². The molecule has 0 spiro atoms. The van der Waals surface area contributed by atoms with E-state index < -0.39 is 6.08 Å². The van der Waals surface area contributed by atoms with Crippen molar-refractivity contribution in [2.75, 3.05) is 25.6 Å². The number of rotatable bonds is 7. The third-order valence-electron chi connectivity index (χ3n) is 7.01. The zero-order chi connectivity index (χ0) is 24.6. The highest BCUT2D eigenvalue weighted by atomic mass is 32.1. The van der Waals surface area contributed by atoms with Crippen LogP contribution < -0.4 is 15.2 Å². The van der Waals surface area contributed by atoms with Gasteiger partial charge in [0.2, 0.25) is 13.2 Å². The van der Waals surface area contributed by atoms with Crippen molar-refractivity contribution in [3.05, 3.63) is 46.4 Å². The highest BCUT2D eigenvalue weighted by Gasteiger charge is 2.24. The average molecular weight is 509 g/mol. The Morgan fingerprint density at radius 2 is 1.97 bits per heavy atom. The summed E-state index contributed by atoms with van der Waals surface area (Å²) in [7, 11) is 0. The zero-order valence-electron chi connectivity index (χ0n) is 19.5. The van der Waals surface area contributed by atoms with E-state index in [9.17, 15) is 9.18 Å². The molecule has 1 fully saturated rings. The number of anilines is 1. The number of nitrogens with zero attached hydrogens (tertiary/aromatic N) is 5. The first-order valence-corrected chi connectivity index (χ1v) is 12.9. The number of benzene rings is 1. The highest BCUT2D eigenvalue weighted by molar-refractivity contribution is 7.08. The third kappa shape index (κ3) is 4.23. The molecular weight excluding hydrogens is 483 g/mol. The molecule has 4 aromatic rings. The number of piperidine rings is 1. The van der Waals surface area contributed by atoms with Gasteiger partial charge in [-0.3, -0.25) is 4.79 Å². The van der Waals surface area contributed by atoms with E-state index in [1.807, 2.05) is 27.0 Å². The Hall–Kier alpha value is -3.73. The predicted molar refractivity (Wildman–Crippen MR) is 133 cm³/mol. The van der Waals surface area contributed by atoms with E-state index in [0.717, 1.165) is 61.3 Å². The van der Waals surface area contributed by atoms with Crippen LogP contribution >= 0.6 is 11.3 Å². The Morgan fingerprint density at radius 1 is 1.17 bits per heavy atom. The second kappa shape index (κ2) is 9.38. The summed E-state index contributed by atoms with van der Waals surface area (Å²) in [6.07, 6.45) is 3.27. The summed E-state index contributed by atoms with van der Waals surface area (Å²) >= 11 is 1.62. The second-order valence-electron chi connectivity index (χ2n) is 9.15. The van der Waals surface area contributed by atoms with E-state index in [4.69, 9.17) is 20.2 Å². The van der Waals surface area contributed by atoms with Gasteiger partial charge in [-0.15, -0.1) is 0 Å². The molecule has 0 saturated carbocycles. The molecule has 2 aliphatic rings. The zero-order valence-corrected chi connectivity index (χ0v) is 20.3. The van der Waals surface area contributed by atoms with Crippen molar-refractivity contribution in [3.8, 4) is 22.6 Å². The lowest BCUT2D eigenvalue weighted by Crippen LogP contribution is -2.32. The van der Waals surface area contributed by atoms with Gasteiger partial charge in [-0.2, -0.15) is 25.7 Å². The van der Waals surface area contributed by atoms with E-state index in [0.29, 0.717) is 41.5 Å². The predicted octanol–water partition coefficient (Wildman–Crippen LogP) is 3.85. The lowest BCUT2D eigenvalue weighted by Gasteiger charge is -2.29. The maximum Gasteiger partial charge on any atom is 0.312 e. The first-order chi connectivity index (χ1) is 17.6. The van der Waals surface area contributed by atoms with Gasteiger partial charge in [0.25, 0.3) is 0 Å². The summed E-state index contributed by atoms with van der Waals surface area (Å²) in [5, 5.41) is 4.13. The van der Waals surface area contributed by atoms with Crippen LogP contribution in [0.1, 0.15) is 30.7 Å². The number of nitrogens with two attached hydrogens (primary N) is 1. The highest BCUT2D eigenvalue weighted by Crippen LogP contribution is 2.40. The third-order valence-corrected chi connectivity index (χ3v) is 7.69. The molecular formula is C25H25FN6O3S. The molecule has 0 bridgehead atoms. The molecule has 2 aliphatic heterocycles. The van der Waals surface area contributed by atoms with Gasteiger partial charge in [-0.05, 0) is 70.8 Å². The minimum absolute atomic E-state index is 0.0283. The number of ether oxygens (including phenoxy) is 2. The molecule has 1 saturated heterocycles. The van der Waals surface area contributed by atoms with Gasteiger partial charge < -0.3 is 24.7 Å². The Kier molecular flexibility index (Phi) is 5.92. The van der Waals surface area contributed by atoms with Crippen molar-refractivity contribution in [1.82, 2.24) is 24.4 Å². The smallest absolute Gasteiger partial charge is 0.312 e. The second-order valence-corrected chi connectivity index (χ2v) is 9.93. The molecule has 36 heavy (non-hydrogen) atoms. The SMILES string of the molecule is Nc1nc(F)nc2c1nc(Cc1cc3c(cc1-c1ccsc1)OCO3)n2CCC1CCN(C=O)CC1. The molecule has 1 aromatic carbocycles. The molecule has 11 heteroatoms. The van der Waals surface area contributed by atoms with E-state index in [1.54, 1.807) is 11.3 Å². The van der Waals surface area contributed by atoms with Crippen LogP contribution in [-0.4, -0.2) is 50.7 Å². The van der Waals surface area contributed by atoms with Crippen molar-refractivity contribution in [1.29, 1.82) is 0 Å². The first kappa shape index (κ1) is 22.7. The number of nitrogen functional groups attached to an aromatic ring is 1. The lowest BCUT2D eigenvalue weighted by atomic mass is 9.94. The van der Waals surface area contributed by atoms with Gasteiger partial charge >= 0.3 is 6.08 Å². The van der Waals surface area contributed by atoms with Crippen molar-refractivity contribution < 1.29 is 18.7 Å². The molecule has 2 N–H and O–H groups in total. The number of amides is 1. The maximum atomic E-state index is 14.2. The number of thiophene rings is 1. The fraction of sp³-hybridized carbons (Fsp3) is 0.360. The largest absolute Gasteiger partial charge is 0.454 e. The number of halogens is 1. The lowest BCUT2D eigenvalue weighted by molar-refractivity contribution is -0.119. The number of likely N-dealkylation sites (tertiary alicyclic amines) is 1. The molecule has 3 aromatic heterocycles. The quantitative estimate of drug-likeness (QED) is 0.298. The molecule has 9 nitrogen and oxygen atoms in total. The van der Waals surface area contributed by atoms with E-state index in [2.05, 4.69) is 21.4 Å². The number of fused-ring (bicyclic) bond motifs is 2. The normalized spacial score (nSPS) is 15.6. The summed E-state index contributed by atoms with van der Waals surface area (Å²) in [5.74, 6) is 2.63. The van der Waals surface area contributed by atoms with Crippen LogP contribution in [0.5, 0.6) is 11.5 Å². The van der Waals surface area contributed by atoms with Crippen LogP contribution in [0.2, 0.25) is 0 Å². The van der Waals surface area contributed by atoms with Crippen LogP contribution in [0, 0.1) is 12.0 Å². The molecule has 5 heterocycles. The van der Waals surface area contributed by atoms with Crippen molar-refractivity contribution in [2.45, 2.75) is 32.2 Å².